The summed E-state index contributed by atoms with van der Waals surface area (Å²) in [5, 5.41) is 4.28. The second kappa shape index (κ2) is 7.00. The zero-order valence-corrected chi connectivity index (χ0v) is 11.6. The average Bonchev–Trinajstić information content (AvgIpc) is 2.27. The molecule has 0 aliphatic heterocycles. The van der Waals surface area contributed by atoms with E-state index in [0.717, 1.165) is 37.5 Å². The van der Waals surface area contributed by atoms with Crippen LogP contribution in [-0.4, -0.2) is 19.6 Å². The maximum atomic E-state index is 5.84. The molecule has 0 saturated carbocycles. The number of nitrogens with one attached hydrogen (secondary N) is 1. The standard InChI is InChI=1S/C14H23ClN2/c1-14(2,8-9-16)11-17-10-7-12-3-5-13(15)6-4-12/h3-6,17H,7-11,16H2,1-2H3. The molecule has 3 heteroatoms. The second-order valence-corrected chi connectivity index (χ2v) is 5.69. The molecule has 3 N–H and O–H groups in total. The third-order valence-electron chi connectivity index (χ3n) is 2.93. The van der Waals surface area contributed by atoms with Gasteiger partial charge in [0.1, 0.15) is 0 Å². The Morgan fingerprint density at radius 2 is 1.88 bits per heavy atom. The molecule has 0 fully saturated rings. The third-order valence-corrected chi connectivity index (χ3v) is 3.18. The molecule has 0 radical (unpaired) electrons. The first-order chi connectivity index (χ1) is 8.03. The van der Waals surface area contributed by atoms with E-state index in [4.69, 9.17) is 17.3 Å². The van der Waals surface area contributed by atoms with Gasteiger partial charge in [-0.15, -0.1) is 0 Å². The van der Waals surface area contributed by atoms with Crippen molar-refractivity contribution in [3.8, 4) is 0 Å². The van der Waals surface area contributed by atoms with E-state index in [2.05, 4.69) is 31.3 Å². The van der Waals surface area contributed by atoms with E-state index in [9.17, 15) is 0 Å². The summed E-state index contributed by atoms with van der Waals surface area (Å²) in [5.74, 6) is 0. The lowest BCUT2D eigenvalue weighted by Gasteiger charge is -2.24. The summed E-state index contributed by atoms with van der Waals surface area (Å²) in [5.41, 5.74) is 7.19. The maximum absolute atomic E-state index is 5.84. The smallest absolute Gasteiger partial charge is 0.0406 e. The third kappa shape index (κ3) is 6.06. The minimum absolute atomic E-state index is 0.286. The summed E-state index contributed by atoms with van der Waals surface area (Å²) in [6.45, 7) is 7.25. The van der Waals surface area contributed by atoms with Crippen molar-refractivity contribution in [3.63, 3.8) is 0 Å². The number of hydrogen-bond acceptors (Lipinski definition) is 2. The van der Waals surface area contributed by atoms with Gasteiger partial charge < -0.3 is 11.1 Å². The average molecular weight is 255 g/mol. The molecule has 0 aromatic heterocycles. The SMILES string of the molecule is CC(C)(CCN)CNCCc1ccc(Cl)cc1. The maximum Gasteiger partial charge on any atom is 0.0406 e. The van der Waals surface area contributed by atoms with E-state index >= 15 is 0 Å². The first kappa shape index (κ1) is 14.5. The van der Waals surface area contributed by atoms with Crippen molar-refractivity contribution in [1.29, 1.82) is 0 Å². The predicted octanol–water partition coefficient (Wildman–Crippen LogP) is 2.85. The fraction of sp³-hybridized carbons (Fsp3) is 0.571. The van der Waals surface area contributed by atoms with Crippen molar-refractivity contribution in [1.82, 2.24) is 5.32 Å². The normalized spacial score (nSPS) is 11.8. The van der Waals surface area contributed by atoms with Crippen LogP contribution in [0.25, 0.3) is 0 Å². The first-order valence-corrected chi connectivity index (χ1v) is 6.56. The molecular weight excluding hydrogens is 232 g/mol. The Balaban J connectivity index is 2.22. The van der Waals surface area contributed by atoms with Crippen molar-refractivity contribution in [2.45, 2.75) is 26.7 Å². The molecule has 0 unspecified atom stereocenters. The van der Waals surface area contributed by atoms with Crippen molar-refractivity contribution >= 4 is 11.6 Å². The molecule has 0 amide bonds. The molecule has 0 atom stereocenters. The number of rotatable bonds is 7. The van der Waals surface area contributed by atoms with Crippen LogP contribution in [0.1, 0.15) is 25.8 Å². The van der Waals surface area contributed by atoms with Crippen LogP contribution in [0.2, 0.25) is 5.02 Å². The van der Waals surface area contributed by atoms with Crippen LogP contribution in [-0.2, 0) is 6.42 Å². The van der Waals surface area contributed by atoms with Gasteiger partial charge in [0.25, 0.3) is 0 Å². The van der Waals surface area contributed by atoms with Gasteiger partial charge >= 0.3 is 0 Å². The highest BCUT2D eigenvalue weighted by Crippen LogP contribution is 2.17. The van der Waals surface area contributed by atoms with Crippen molar-refractivity contribution in [2.24, 2.45) is 11.1 Å². The topological polar surface area (TPSA) is 38.0 Å². The summed E-state index contributed by atoms with van der Waals surface area (Å²) in [6, 6.07) is 8.04. The molecule has 0 aliphatic rings. The minimum Gasteiger partial charge on any atom is -0.330 e. The van der Waals surface area contributed by atoms with E-state index in [0.29, 0.717) is 0 Å². The molecular formula is C14H23ClN2. The molecule has 1 aromatic rings. The molecule has 0 bridgehead atoms. The van der Waals surface area contributed by atoms with Crippen LogP contribution in [0.5, 0.6) is 0 Å². The molecule has 0 spiro atoms. The van der Waals surface area contributed by atoms with Gasteiger partial charge in [-0.2, -0.15) is 0 Å². The lowest BCUT2D eigenvalue weighted by molar-refractivity contribution is 0.321. The zero-order valence-electron chi connectivity index (χ0n) is 10.8. The van der Waals surface area contributed by atoms with Gasteiger partial charge in [0.15, 0.2) is 0 Å². The Kier molecular flexibility index (Phi) is 5.96. The van der Waals surface area contributed by atoms with Crippen molar-refractivity contribution < 1.29 is 0 Å². The second-order valence-electron chi connectivity index (χ2n) is 5.26. The van der Waals surface area contributed by atoms with Gasteiger partial charge in [-0.05, 0) is 49.0 Å². The Bertz CT molecular complexity index is 319. The van der Waals surface area contributed by atoms with Crippen molar-refractivity contribution in [3.05, 3.63) is 34.9 Å². The van der Waals surface area contributed by atoms with Crippen LogP contribution in [0.3, 0.4) is 0 Å². The molecule has 96 valence electrons. The number of hydrogen-bond donors (Lipinski definition) is 2. The summed E-state index contributed by atoms with van der Waals surface area (Å²) < 4.78 is 0. The van der Waals surface area contributed by atoms with Gasteiger partial charge in [0, 0.05) is 11.6 Å². The van der Waals surface area contributed by atoms with Gasteiger partial charge in [0.2, 0.25) is 0 Å². The number of halogens is 1. The van der Waals surface area contributed by atoms with E-state index in [-0.39, 0.29) is 5.41 Å². The summed E-state index contributed by atoms with van der Waals surface area (Å²) in [7, 11) is 0. The van der Waals surface area contributed by atoms with Crippen molar-refractivity contribution in [2.75, 3.05) is 19.6 Å². The molecule has 0 heterocycles. The Morgan fingerprint density at radius 1 is 1.24 bits per heavy atom. The molecule has 0 aliphatic carbocycles. The molecule has 17 heavy (non-hydrogen) atoms. The molecule has 0 saturated heterocycles. The highest BCUT2D eigenvalue weighted by atomic mass is 35.5. The number of benzene rings is 1. The fourth-order valence-corrected chi connectivity index (χ4v) is 1.92. The predicted molar refractivity (Wildman–Crippen MR) is 75.5 cm³/mol. The molecule has 1 rings (SSSR count). The number of nitrogens with two attached hydrogens (primary N) is 1. The lowest BCUT2D eigenvalue weighted by atomic mass is 9.89. The van der Waals surface area contributed by atoms with Crippen LogP contribution in [0.15, 0.2) is 24.3 Å². The summed E-state index contributed by atoms with van der Waals surface area (Å²) in [6.07, 6.45) is 2.09. The zero-order chi connectivity index (χ0) is 12.7. The monoisotopic (exact) mass is 254 g/mol. The van der Waals surface area contributed by atoms with Gasteiger partial charge in [0.05, 0.1) is 0 Å². The minimum atomic E-state index is 0.286. The fourth-order valence-electron chi connectivity index (χ4n) is 1.79. The van der Waals surface area contributed by atoms with E-state index < -0.39 is 0 Å². The van der Waals surface area contributed by atoms with Gasteiger partial charge in [-0.3, -0.25) is 0 Å². The van der Waals surface area contributed by atoms with Crippen LogP contribution >= 0.6 is 11.6 Å². The lowest BCUT2D eigenvalue weighted by Crippen LogP contribution is -2.32. The Morgan fingerprint density at radius 3 is 2.47 bits per heavy atom. The van der Waals surface area contributed by atoms with Crippen LogP contribution < -0.4 is 11.1 Å². The van der Waals surface area contributed by atoms with Crippen LogP contribution in [0.4, 0.5) is 0 Å². The Labute approximate surface area is 110 Å². The quantitative estimate of drug-likeness (QED) is 0.735. The summed E-state index contributed by atoms with van der Waals surface area (Å²) >= 11 is 5.84. The Hall–Kier alpha value is -0.570. The van der Waals surface area contributed by atoms with Crippen LogP contribution in [0, 0.1) is 5.41 Å². The molecule has 2 nitrogen and oxygen atoms in total. The highest BCUT2D eigenvalue weighted by Gasteiger charge is 2.15. The molecule has 1 aromatic carbocycles. The van der Waals surface area contributed by atoms with Gasteiger partial charge in [-0.25, -0.2) is 0 Å². The van der Waals surface area contributed by atoms with E-state index in [1.807, 2.05) is 12.1 Å². The van der Waals surface area contributed by atoms with E-state index in [1.54, 1.807) is 0 Å². The first-order valence-electron chi connectivity index (χ1n) is 6.19. The largest absolute Gasteiger partial charge is 0.330 e. The highest BCUT2D eigenvalue weighted by molar-refractivity contribution is 6.30. The summed E-state index contributed by atoms with van der Waals surface area (Å²) in [4.78, 5) is 0. The van der Waals surface area contributed by atoms with Gasteiger partial charge in [-0.1, -0.05) is 37.6 Å². The van der Waals surface area contributed by atoms with E-state index in [1.165, 1.54) is 5.56 Å².